The van der Waals surface area contributed by atoms with Crippen LogP contribution in [-0.4, -0.2) is 27.2 Å². The number of thioether (sulfide) groups is 1. The fourth-order valence-corrected chi connectivity index (χ4v) is 5.96. The first-order valence-electron chi connectivity index (χ1n) is 12.2. The second-order valence-electron chi connectivity index (χ2n) is 9.12. The Hall–Kier alpha value is -3.07. The van der Waals surface area contributed by atoms with Crippen LogP contribution in [-0.2, 0) is 4.79 Å². The highest BCUT2D eigenvalue weighted by Gasteiger charge is 2.34. The maximum Gasteiger partial charge on any atom is 0.283 e. The molecule has 0 atom stereocenters. The zero-order valence-electron chi connectivity index (χ0n) is 21.6. The maximum atomic E-state index is 14.8. The predicted molar refractivity (Wildman–Crippen MR) is 168 cm³/mol. The van der Waals surface area contributed by atoms with Gasteiger partial charge in [0.25, 0.3) is 5.91 Å². The summed E-state index contributed by atoms with van der Waals surface area (Å²) in [5.74, 6) is -1.35. The van der Waals surface area contributed by atoms with Crippen LogP contribution in [0, 0.1) is 19.7 Å². The topological polar surface area (TPSA) is 54.7 Å². The third-order valence-corrected chi connectivity index (χ3v) is 8.81. The number of carbonyl (C=O) groups is 2. The van der Waals surface area contributed by atoms with Crippen LogP contribution in [0.3, 0.4) is 0 Å². The fraction of sp³-hybridized carbons (Fsp3) is 0.100. The van der Waals surface area contributed by atoms with Gasteiger partial charge in [-0.15, -0.1) is 0 Å². The summed E-state index contributed by atoms with van der Waals surface area (Å²) in [6.45, 7) is 3.73. The molecule has 0 unspecified atom stereocenters. The van der Waals surface area contributed by atoms with Crippen LogP contribution >= 0.6 is 58.2 Å². The molecule has 11 heteroatoms. The minimum Gasteiger partial charge on any atom is -0.318 e. The molecule has 0 fully saturated rings. The number of rotatable bonds is 6. The molecule has 1 amide bonds. The van der Waals surface area contributed by atoms with E-state index in [1.54, 1.807) is 48.5 Å². The van der Waals surface area contributed by atoms with E-state index >= 15 is 0 Å². The van der Waals surface area contributed by atoms with Crippen LogP contribution < -0.4 is 4.90 Å². The molecule has 1 aromatic heterocycles. The van der Waals surface area contributed by atoms with E-state index in [-0.39, 0.29) is 28.1 Å². The second kappa shape index (κ2) is 12.0. The Morgan fingerprint density at radius 1 is 0.927 bits per heavy atom. The van der Waals surface area contributed by atoms with Crippen molar-refractivity contribution in [3.63, 3.8) is 0 Å². The van der Waals surface area contributed by atoms with Crippen molar-refractivity contribution in [2.75, 3.05) is 10.7 Å². The summed E-state index contributed by atoms with van der Waals surface area (Å²) in [5.41, 5.74) is 3.54. The largest absolute Gasteiger partial charge is 0.318 e. The van der Waals surface area contributed by atoms with Gasteiger partial charge < -0.3 is 4.57 Å². The fourth-order valence-electron chi connectivity index (χ4n) is 4.47. The van der Waals surface area contributed by atoms with Crippen molar-refractivity contribution in [3.8, 4) is 5.69 Å². The van der Waals surface area contributed by atoms with Gasteiger partial charge in [-0.25, -0.2) is 9.38 Å². The molecule has 2 heterocycles. The molecule has 1 aliphatic rings. The smallest absolute Gasteiger partial charge is 0.283 e. The molecule has 41 heavy (non-hydrogen) atoms. The monoisotopic (exact) mass is 645 g/mol. The van der Waals surface area contributed by atoms with Crippen molar-refractivity contribution >= 4 is 86.8 Å². The van der Waals surface area contributed by atoms with Gasteiger partial charge in [0.15, 0.2) is 11.0 Å². The number of hydrogen-bond donors (Lipinski definition) is 0. The van der Waals surface area contributed by atoms with E-state index in [0.717, 1.165) is 28.8 Å². The molecule has 3 aromatic carbocycles. The minimum atomic E-state index is -0.596. The number of anilines is 1. The van der Waals surface area contributed by atoms with Gasteiger partial charge in [-0.05, 0) is 74.0 Å². The number of ketones is 1. The maximum absolute atomic E-state index is 14.8. The molecule has 0 spiro atoms. The third-order valence-electron chi connectivity index (χ3n) is 6.40. The van der Waals surface area contributed by atoms with Crippen LogP contribution in [0.15, 0.2) is 77.4 Å². The second-order valence-corrected chi connectivity index (χ2v) is 11.7. The molecule has 5 nitrogen and oxygen atoms in total. The Bertz CT molecular complexity index is 1780. The van der Waals surface area contributed by atoms with E-state index < -0.39 is 11.7 Å². The normalized spacial score (nSPS) is 14.2. The standard InChI is InChI=1S/C30H20Cl4FN3O2S/c1-16-11-20(17(2)37(16)19-8-10-22(32)24(34)14-19)28(39)15-41-30-36-26(13-18-7-9-21(31)23(33)12-18)29(40)38(30)27-6-4-3-5-25(27)35/h3-14H,15H2,1-2H3/b26-13+. The molecule has 0 bridgehead atoms. The van der Waals surface area contributed by atoms with Crippen LogP contribution in [0.25, 0.3) is 11.8 Å². The highest BCUT2D eigenvalue weighted by atomic mass is 35.5. The zero-order chi connectivity index (χ0) is 29.4. The number of aryl methyl sites for hydroxylation is 1. The van der Waals surface area contributed by atoms with Gasteiger partial charge in [-0.1, -0.05) is 76.4 Å². The Morgan fingerprint density at radius 3 is 2.29 bits per heavy atom. The van der Waals surface area contributed by atoms with Gasteiger partial charge in [0, 0.05) is 22.6 Å². The van der Waals surface area contributed by atoms with Crippen molar-refractivity contribution in [2.24, 2.45) is 4.99 Å². The van der Waals surface area contributed by atoms with E-state index in [0.29, 0.717) is 31.2 Å². The number of benzene rings is 3. The average molecular weight is 647 g/mol. The summed E-state index contributed by atoms with van der Waals surface area (Å²) in [4.78, 5) is 32.5. The SMILES string of the molecule is Cc1cc(C(=O)CSC2=N/C(=C/c3ccc(Cl)c(Cl)c3)C(=O)N2c2ccccc2F)c(C)n1-c1ccc(Cl)c(Cl)c1. The van der Waals surface area contributed by atoms with Crippen LogP contribution in [0.2, 0.25) is 20.1 Å². The van der Waals surface area contributed by atoms with Crippen LogP contribution in [0.4, 0.5) is 10.1 Å². The molecule has 208 valence electrons. The van der Waals surface area contributed by atoms with Gasteiger partial charge >= 0.3 is 0 Å². The Morgan fingerprint density at radius 2 is 1.61 bits per heavy atom. The van der Waals surface area contributed by atoms with Gasteiger partial charge in [0.1, 0.15) is 11.5 Å². The van der Waals surface area contributed by atoms with E-state index in [2.05, 4.69) is 4.99 Å². The summed E-state index contributed by atoms with van der Waals surface area (Å²) >= 11 is 25.5. The quantitative estimate of drug-likeness (QED) is 0.155. The molecule has 0 N–H and O–H groups in total. The highest BCUT2D eigenvalue weighted by Crippen LogP contribution is 2.33. The lowest BCUT2D eigenvalue weighted by molar-refractivity contribution is -0.113. The number of amidine groups is 1. The van der Waals surface area contributed by atoms with Crippen molar-refractivity contribution in [2.45, 2.75) is 13.8 Å². The van der Waals surface area contributed by atoms with Crippen molar-refractivity contribution in [1.82, 2.24) is 4.57 Å². The number of carbonyl (C=O) groups excluding carboxylic acids is 2. The predicted octanol–water partition coefficient (Wildman–Crippen LogP) is 9.21. The lowest BCUT2D eigenvalue weighted by atomic mass is 10.2. The molecule has 0 aliphatic carbocycles. The third kappa shape index (κ3) is 5.96. The number of Topliss-reactive ketones (excluding diaryl/α,β-unsaturated/α-hetero) is 1. The lowest BCUT2D eigenvalue weighted by Crippen LogP contribution is -2.31. The number of hydrogen-bond acceptors (Lipinski definition) is 4. The molecule has 4 aromatic rings. The molecule has 0 saturated carbocycles. The number of para-hydroxylation sites is 1. The molecule has 0 radical (unpaired) electrons. The van der Waals surface area contributed by atoms with Gasteiger partial charge in [-0.2, -0.15) is 0 Å². The number of nitrogens with zero attached hydrogens (tertiary/aromatic N) is 3. The van der Waals surface area contributed by atoms with Gasteiger partial charge in [-0.3, -0.25) is 14.5 Å². The Balaban J connectivity index is 1.45. The first kappa shape index (κ1) is 29.4. The van der Waals surface area contributed by atoms with E-state index in [1.807, 2.05) is 24.5 Å². The molecule has 5 rings (SSSR count). The van der Waals surface area contributed by atoms with E-state index in [4.69, 9.17) is 46.4 Å². The summed E-state index contributed by atoms with van der Waals surface area (Å²) in [7, 11) is 0. The molecule has 0 saturated heterocycles. The average Bonchev–Trinajstić information content (AvgIpc) is 3.41. The Labute approximate surface area is 260 Å². The summed E-state index contributed by atoms with van der Waals surface area (Å²) in [6.07, 6.45) is 1.54. The minimum absolute atomic E-state index is 0.0338. The first-order valence-corrected chi connectivity index (χ1v) is 14.7. The van der Waals surface area contributed by atoms with Gasteiger partial charge in [0.2, 0.25) is 0 Å². The van der Waals surface area contributed by atoms with Gasteiger partial charge in [0.05, 0.1) is 31.5 Å². The summed E-state index contributed by atoms with van der Waals surface area (Å²) in [6, 6.07) is 17.9. The summed E-state index contributed by atoms with van der Waals surface area (Å²) < 4.78 is 16.7. The van der Waals surface area contributed by atoms with Crippen LogP contribution in [0.5, 0.6) is 0 Å². The van der Waals surface area contributed by atoms with E-state index in [1.165, 1.54) is 23.1 Å². The number of aliphatic imine (C=N–C) groups is 1. The van der Waals surface area contributed by atoms with Crippen molar-refractivity contribution in [3.05, 3.63) is 121 Å². The van der Waals surface area contributed by atoms with E-state index in [9.17, 15) is 14.0 Å². The number of aromatic nitrogens is 1. The molecule has 1 aliphatic heterocycles. The van der Waals surface area contributed by atoms with Crippen molar-refractivity contribution in [1.29, 1.82) is 0 Å². The number of amides is 1. The lowest BCUT2D eigenvalue weighted by Gasteiger charge is -2.18. The van der Waals surface area contributed by atoms with Crippen LogP contribution in [0.1, 0.15) is 27.3 Å². The zero-order valence-corrected chi connectivity index (χ0v) is 25.4. The Kier molecular flexibility index (Phi) is 8.64. The number of halogens is 5. The highest BCUT2D eigenvalue weighted by molar-refractivity contribution is 8.14. The van der Waals surface area contributed by atoms with Crippen molar-refractivity contribution < 1.29 is 14.0 Å². The molecular formula is C30H20Cl4FN3O2S. The summed E-state index contributed by atoms with van der Waals surface area (Å²) in [5, 5.41) is 1.71. The molecular weight excluding hydrogens is 627 g/mol. The first-order chi connectivity index (χ1) is 19.5.